The number of rotatable bonds is 5. The Kier molecular flexibility index (Phi) is 5.61. The van der Waals surface area contributed by atoms with E-state index in [1.54, 1.807) is 0 Å². The first-order chi connectivity index (χ1) is 10.3. The number of aliphatic hydroxyl groups excluding tert-OH is 1. The maximum Gasteiger partial charge on any atom is 0.0914 e. The van der Waals surface area contributed by atoms with E-state index in [0.717, 1.165) is 12.1 Å². The minimum absolute atomic E-state index is 0. The number of hydrogen-bond donors (Lipinski definition) is 2. The van der Waals surface area contributed by atoms with Crippen molar-refractivity contribution in [2.24, 2.45) is 7.05 Å². The van der Waals surface area contributed by atoms with E-state index >= 15 is 0 Å². The first kappa shape index (κ1) is 16.6. The smallest absolute Gasteiger partial charge is 0.0914 e. The molecule has 3 rings (SSSR count). The van der Waals surface area contributed by atoms with E-state index < -0.39 is 6.10 Å². The van der Waals surface area contributed by atoms with Gasteiger partial charge in [-0.25, -0.2) is 0 Å². The van der Waals surface area contributed by atoms with Crippen molar-refractivity contribution >= 4 is 23.3 Å². The van der Waals surface area contributed by atoms with Crippen molar-refractivity contribution < 1.29 is 5.11 Å². The van der Waals surface area contributed by atoms with Crippen LogP contribution in [0.3, 0.4) is 0 Å². The molecule has 1 heterocycles. The zero-order valence-corrected chi connectivity index (χ0v) is 13.4. The highest BCUT2D eigenvalue weighted by Crippen LogP contribution is 2.20. The van der Waals surface area contributed by atoms with Crippen LogP contribution in [-0.2, 0) is 13.6 Å². The van der Waals surface area contributed by atoms with Crippen molar-refractivity contribution in [1.29, 1.82) is 0 Å². The minimum Gasteiger partial charge on any atom is -0.387 e. The van der Waals surface area contributed by atoms with Gasteiger partial charge < -0.3 is 15.0 Å². The first-order valence-corrected chi connectivity index (χ1v) is 7.22. The molecule has 0 saturated heterocycles. The zero-order chi connectivity index (χ0) is 14.7. The van der Waals surface area contributed by atoms with E-state index in [1.165, 1.54) is 16.5 Å². The van der Waals surface area contributed by atoms with Crippen LogP contribution in [0.15, 0.2) is 60.8 Å². The van der Waals surface area contributed by atoms with Crippen LogP contribution in [0.25, 0.3) is 10.9 Å². The first-order valence-electron chi connectivity index (χ1n) is 7.22. The quantitative estimate of drug-likeness (QED) is 0.757. The monoisotopic (exact) mass is 316 g/mol. The number of hydrogen-bond acceptors (Lipinski definition) is 2. The van der Waals surface area contributed by atoms with E-state index in [9.17, 15) is 5.11 Å². The Morgan fingerprint density at radius 3 is 2.50 bits per heavy atom. The molecule has 0 aliphatic rings. The second-order valence-corrected chi connectivity index (χ2v) is 5.34. The fraction of sp³-hybridized carbons (Fsp3) is 0.222. The predicted octanol–water partition coefficient (Wildman–Crippen LogP) is 3.42. The lowest BCUT2D eigenvalue weighted by Gasteiger charge is -2.11. The van der Waals surface area contributed by atoms with Crippen LogP contribution in [0.5, 0.6) is 0 Å². The number of aryl methyl sites for hydroxylation is 1. The van der Waals surface area contributed by atoms with Gasteiger partial charge in [0.25, 0.3) is 0 Å². The second-order valence-electron chi connectivity index (χ2n) is 5.34. The summed E-state index contributed by atoms with van der Waals surface area (Å²) in [6.07, 6.45) is 1.67. The molecule has 0 radical (unpaired) electrons. The molecule has 3 aromatic rings. The largest absolute Gasteiger partial charge is 0.387 e. The van der Waals surface area contributed by atoms with Crippen LogP contribution in [0, 0.1) is 0 Å². The Bertz CT molecular complexity index is 724. The molecule has 1 unspecified atom stereocenters. The predicted molar refractivity (Wildman–Crippen MR) is 93.3 cm³/mol. The van der Waals surface area contributed by atoms with Crippen molar-refractivity contribution in [2.45, 2.75) is 12.6 Å². The summed E-state index contributed by atoms with van der Waals surface area (Å²) < 4.78 is 2.14. The summed E-state index contributed by atoms with van der Waals surface area (Å²) in [6.45, 7) is 1.30. The topological polar surface area (TPSA) is 37.2 Å². The molecule has 0 spiro atoms. The van der Waals surface area contributed by atoms with Gasteiger partial charge in [-0.05, 0) is 17.2 Å². The molecule has 0 aliphatic heterocycles. The molecule has 22 heavy (non-hydrogen) atoms. The standard InChI is InChI=1S/C18H20N2O.ClH/c1-20-13-15(16-9-5-6-10-17(16)20)11-19-12-18(21)14-7-3-2-4-8-14;/h2-10,13,18-19,21H,11-12H2,1H3;1H. The Morgan fingerprint density at radius 1 is 1.05 bits per heavy atom. The van der Waals surface area contributed by atoms with Gasteiger partial charge in [-0.15, -0.1) is 12.4 Å². The lowest BCUT2D eigenvalue weighted by Crippen LogP contribution is -2.20. The van der Waals surface area contributed by atoms with Gasteiger partial charge in [0.15, 0.2) is 0 Å². The molecule has 2 aromatic carbocycles. The molecule has 3 nitrogen and oxygen atoms in total. The molecular weight excluding hydrogens is 296 g/mol. The van der Waals surface area contributed by atoms with Gasteiger partial charge in [-0.3, -0.25) is 0 Å². The van der Waals surface area contributed by atoms with Crippen molar-refractivity contribution in [1.82, 2.24) is 9.88 Å². The zero-order valence-electron chi connectivity index (χ0n) is 12.6. The summed E-state index contributed by atoms with van der Waals surface area (Å²) in [5, 5.41) is 14.8. The number of aromatic nitrogens is 1. The molecule has 1 aromatic heterocycles. The van der Waals surface area contributed by atoms with Crippen molar-refractivity contribution in [3.63, 3.8) is 0 Å². The molecule has 0 bridgehead atoms. The van der Waals surface area contributed by atoms with Crippen molar-refractivity contribution in [3.8, 4) is 0 Å². The van der Waals surface area contributed by atoms with Gasteiger partial charge >= 0.3 is 0 Å². The average Bonchev–Trinajstić information content (AvgIpc) is 2.85. The van der Waals surface area contributed by atoms with Crippen LogP contribution in [0.4, 0.5) is 0 Å². The number of benzene rings is 2. The van der Waals surface area contributed by atoms with E-state index in [2.05, 4.69) is 47.4 Å². The van der Waals surface area contributed by atoms with E-state index in [0.29, 0.717) is 6.54 Å². The molecule has 0 aliphatic carbocycles. The third-order valence-corrected chi connectivity index (χ3v) is 3.82. The van der Waals surface area contributed by atoms with Gasteiger partial charge in [0.1, 0.15) is 0 Å². The Hall–Kier alpha value is -1.81. The lowest BCUT2D eigenvalue weighted by atomic mass is 10.1. The van der Waals surface area contributed by atoms with E-state index in [4.69, 9.17) is 0 Å². The number of nitrogens with one attached hydrogen (secondary N) is 1. The number of nitrogens with zero attached hydrogens (tertiary/aromatic N) is 1. The summed E-state index contributed by atoms with van der Waals surface area (Å²) in [5.74, 6) is 0. The summed E-state index contributed by atoms with van der Waals surface area (Å²) in [7, 11) is 2.06. The van der Waals surface area contributed by atoms with Crippen LogP contribution < -0.4 is 5.32 Å². The van der Waals surface area contributed by atoms with Crippen molar-refractivity contribution in [3.05, 3.63) is 71.9 Å². The highest BCUT2D eigenvalue weighted by atomic mass is 35.5. The van der Waals surface area contributed by atoms with Gasteiger partial charge in [0, 0.05) is 37.2 Å². The van der Waals surface area contributed by atoms with Gasteiger partial charge in [0.2, 0.25) is 0 Å². The minimum atomic E-state index is -0.471. The van der Waals surface area contributed by atoms with Crippen LogP contribution in [0.2, 0.25) is 0 Å². The Balaban J connectivity index is 0.00000176. The SMILES string of the molecule is Cl.Cn1cc(CNCC(O)c2ccccc2)c2ccccc21. The molecule has 1 atom stereocenters. The lowest BCUT2D eigenvalue weighted by molar-refractivity contribution is 0.174. The Morgan fingerprint density at radius 2 is 1.73 bits per heavy atom. The molecule has 0 amide bonds. The average molecular weight is 317 g/mol. The van der Waals surface area contributed by atoms with Crippen LogP contribution in [-0.4, -0.2) is 16.2 Å². The van der Waals surface area contributed by atoms with Gasteiger partial charge in [-0.2, -0.15) is 0 Å². The van der Waals surface area contributed by atoms with Crippen LogP contribution >= 0.6 is 12.4 Å². The van der Waals surface area contributed by atoms with Crippen LogP contribution in [0.1, 0.15) is 17.2 Å². The molecule has 116 valence electrons. The molecule has 4 heteroatoms. The summed E-state index contributed by atoms with van der Waals surface area (Å²) in [5.41, 5.74) is 3.44. The third-order valence-electron chi connectivity index (χ3n) is 3.82. The third kappa shape index (κ3) is 3.50. The summed E-state index contributed by atoms with van der Waals surface area (Å²) in [6, 6.07) is 18.1. The normalized spacial score (nSPS) is 12.1. The highest BCUT2D eigenvalue weighted by molar-refractivity contribution is 5.85. The summed E-state index contributed by atoms with van der Waals surface area (Å²) in [4.78, 5) is 0. The number of fused-ring (bicyclic) bond motifs is 1. The fourth-order valence-corrected chi connectivity index (χ4v) is 2.70. The molecule has 2 N–H and O–H groups in total. The highest BCUT2D eigenvalue weighted by Gasteiger charge is 2.08. The molecular formula is C18H21ClN2O. The van der Waals surface area contributed by atoms with E-state index in [-0.39, 0.29) is 12.4 Å². The molecule has 0 saturated carbocycles. The van der Waals surface area contributed by atoms with Crippen molar-refractivity contribution in [2.75, 3.05) is 6.54 Å². The maximum atomic E-state index is 10.1. The van der Waals surface area contributed by atoms with Gasteiger partial charge in [-0.1, -0.05) is 48.5 Å². The summed E-state index contributed by atoms with van der Waals surface area (Å²) >= 11 is 0. The maximum absolute atomic E-state index is 10.1. The van der Waals surface area contributed by atoms with Gasteiger partial charge in [0.05, 0.1) is 6.10 Å². The second kappa shape index (κ2) is 7.45. The number of aliphatic hydroxyl groups is 1. The fourth-order valence-electron chi connectivity index (χ4n) is 2.70. The molecule has 0 fully saturated rings. The number of halogens is 1. The Labute approximate surface area is 137 Å². The number of para-hydroxylation sites is 1. The van der Waals surface area contributed by atoms with E-state index in [1.807, 2.05) is 30.3 Å².